The van der Waals surface area contributed by atoms with Crippen LogP contribution in [0.2, 0.25) is 0 Å². The molecule has 2 fully saturated rings. The van der Waals surface area contributed by atoms with Crippen molar-refractivity contribution in [3.05, 3.63) is 35.7 Å². The Bertz CT molecular complexity index is 895. The van der Waals surface area contributed by atoms with Crippen LogP contribution in [0, 0.1) is 0 Å². The molecule has 1 N–H and O–H groups in total. The Morgan fingerprint density at radius 1 is 1.48 bits per heavy atom. The van der Waals surface area contributed by atoms with E-state index in [9.17, 15) is 23.1 Å². The summed E-state index contributed by atoms with van der Waals surface area (Å²) in [7, 11) is -2.89. The average molecular weight is 365 g/mol. The van der Waals surface area contributed by atoms with Crippen LogP contribution in [0.3, 0.4) is 0 Å². The quantitative estimate of drug-likeness (QED) is 0.342. The van der Waals surface area contributed by atoms with E-state index >= 15 is 0 Å². The minimum absolute atomic E-state index is 0.0144. The van der Waals surface area contributed by atoms with Crippen molar-refractivity contribution >= 4 is 34.0 Å². The van der Waals surface area contributed by atoms with Gasteiger partial charge in [0, 0.05) is 6.20 Å². The number of carboxylic acids is 1. The molecular formula is C15H15N3O6S. The Morgan fingerprint density at radius 3 is 2.76 bits per heavy atom. The highest BCUT2D eigenvalue weighted by Crippen LogP contribution is 2.48. The van der Waals surface area contributed by atoms with Gasteiger partial charge in [0.2, 0.25) is 0 Å². The first-order valence-corrected chi connectivity index (χ1v) is 8.79. The molecular weight excluding hydrogens is 350 g/mol. The SMILES string of the molecule is CO/N=C/[C@@]1(C)[C@H](C(=O)O)N2C(=O)/C(=C/c3ccccn3)C2S1(=O)=O. The summed E-state index contributed by atoms with van der Waals surface area (Å²) in [4.78, 5) is 33.5. The number of oxime groups is 1. The first kappa shape index (κ1) is 17.1. The number of hydrogen-bond donors (Lipinski definition) is 1. The molecule has 0 bridgehead atoms. The number of pyridine rings is 1. The predicted octanol–water partition coefficient (Wildman–Crippen LogP) is -0.0942. The van der Waals surface area contributed by atoms with Crippen molar-refractivity contribution in [2.75, 3.05) is 7.11 Å². The van der Waals surface area contributed by atoms with Crippen LogP contribution in [0.25, 0.3) is 6.08 Å². The van der Waals surface area contributed by atoms with E-state index in [2.05, 4.69) is 15.0 Å². The van der Waals surface area contributed by atoms with Gasteiger partial charge in [-0.2, -0.15) is 0 Å². The summed E-state index contributed by atoms with van der Waals surface area (Å²) in [5, 5.41) is 11.6. The van der Waals surface area contributed by atoms with E-state index in [-0.39, 0.29) is 5.57 Å². The number of carboxylic acid groups (broad SMARTS) is 1. The third-order valence-corrected chi connectivity index (χ3v) is 6.99. The predicted molar refractivity (Wildman–Crippen MR) is 87.1 cm³/mol. The van der Waals surface area contributed by atoms with E-state index in [1.165, 1.54) is 26.3 Å². The molecule has 3 heterocycles. The maximum absolute atomic E-state index is 13.0. The molecule has 1 unspecified atom stereocenters. The Labute approximate surface area is 143 Å². The minimum Gasteiger partial charge on any atom is -0.480 e. The first-order valence-electron chi connectivity index (χ1n) is 7.25. The second-order valence-electron chi connectivity index (χ2n) is 5.81. The summed E-state index contributed by atoms with van der Waals surface area (Å²) < 4.78 is 24.0. The number of rotatable bonds is 4. The van der Waals surface area contributed by atoms with Crippen molar-refractivity contribution in [2.45, 2.75) is 23.1 Å². The summed E-state index contributed by atoms with van der Waals surface area (Å²) in [6, 6.07) is 3.40. The van der Waals surface area contributed by atoms with Crippen LogP contribution >= 0.6 is 0 Å². The van der Waals surface area contributed by atoms with Gasteiger partial charge in [0.15, 0.2) is 21.3 Å². The molecule has 0 aromatic carbocycles. The number of hydrogen-bond acceptors (Lipinski definition) is 7. The highest BCUT2D eigenvalue weighted by atomic mass is 32.2. The fourth-order valence-electron chi connectivity index (χ4n) is 3.11. The zero-order valence-corrected chi connectivity index (χ0v) is 14.2. The molecule has 2 aliphatic heterocycles. The minimum atomic E-state index is -4.10. The van der Waals surface area contributed by atoms with Gasteiger partial charge in [0.05, 0.1) is 17.5 Å². The van der Waals surface area contributed by atoms with Crippen LogP contribution in [-0.2, 0) is 24.3 Å². The standard InChI is InChI=1S/C15H15N3O6S/c1-15(8-17-24-2)11(14(20)21)18-12(19)10(13(18)25(15,22)23)7-9-5-3-4-6-16-9/h3-8,11,13H,1-2H3,(H,20,21)/b10-7-,17-8+/t11-,13?,15-/m0/s1. The summed E-state index contributed by atoms with van der Waals surface area (Å²) in [5.41, 5.74) is 0.395. The Kier molecular flexibility index (Phi) is 3.87. The average Bonchev–Trinajstić information content (AvgIpc) is 2.74. The maximum Gasteiger partial charge on any atom is 0.328 e. The van der Waals surface area contributed by atoms with E-state index in [0.717, 1.165) is 11.1 Å². The van der Waals surface area contributed by atoms with E-state index in [4.69, 9.17) is 0 Å². The molecule has 0 saturated carbocycles. The van der Waals surface area contributed by atoms with Crippen molar-refractivity contribution in [2.24, 2.45) is 5.16 Å². The normalized spacial score (nSPS) is 31.8. The second-order valence-corrected chi connectivity index (χ2v) is 8.22. The highest BCUT2D eigenvalue weighted by molar-refractivity contribution is 7.94. The van der Waals surface area contributed by atoms with Crippen LogP contribution in [0.4, 0.5) is 0 Å². The second kappa shape index (κ2) is 5.66. The molecule has 0 aliphatic carbocycles. The van der Waals surface area contributed by atoms with Gasteiger partial charge in [-0.1, -0.05) is 11.2 Å². The lowest BCUT2D eigenvalue weighted by Crippen LogP contribution is -2.59. The molecule has 1 aromatic rings. The number of sulfone groups is 1. The molecule has 132 valence electrons. The molecule has 1 amide bonds. The van der Waals surface area contributed by atoms with Crippen molar-refractivity contribution in [3.63, 3.8) is 0 Å². The van der Waals surface area contributed by atoms with Gasteiger partial charge < -0.3 is 14.8 Å². The van der Waals surface area contributed by atoms with Crippen LogP contribution in [0.1, 0.15) is 12.6 Å². The van der Waals surface area contributed by atoms with E-state index < -0.39 is 37.9 Å². The Morgan fingerprint density at radius 2 is 2.20 bits per heavy atom. The lowest BCUT2D eigenvalue weighted by atomic mass is 9.94. The van der Waals surface area contributed by atoms with Crippen molar-refractivity contribution < 1.29 is 28.0 Å². The summed E-state index contributed by atoms with van der Waals surface area (Å²) >= 11 is 0. The molecule has 3 rings (SSSR count). The molecule has 9 nitrogen and oxygen atoms in total. The van der Waals surface area contributed by atoms with Crippen LogP contribution in [0.15, 0.2) is 35.1 Å². The number of carbonyl (C=O) groups is 2. The van der Waals surface area contributed by atoms with Crippen molar-refractivity contribution in [1.29, 1.82) is 0 Å². The largest absolute Gasteiger partial charge is 0.480 e. The third-order valence-electron chi connectivity index (χ3n) is 4.37. The highest BCUT2D eigenvalue weighted by Gasteiger charge is 2.71. The van der Waals surface area contributed by atoms with Gasteiger partial charge in [0.1, 0.15) is 11.9 Å². The van der Waals surface area contributed by atoms with Gasteiger partial charge in [-0.25, -0.2) is 13.2 Å². The number of fused-ring (bicyclic) bond motifs is 1. The van der Waals surface area contributed by atoms with Gasteiger partial charge in [-0.05, 0) is 25.1 Å². The number of aliphatic carboxylic acids is 1. The molecule has 2 saturated heterocycles. The summed E-state index contributed by atoms with van der Waals surface area (Å²) in [5.74, 6) is -2.08. The number of β-lactam (4-membered cyclic amide) rings is 1. The molecule has 3 atom stereocenters. The van der Waals surface area contributed by atoms with E-state index in [0.29, 0.717) is 5.69 Å². The van der Waals surface area contributed by atoms with Gasteiger partial charge >= 0.3 is 5.97 Å². The zero-order valence-electron chi connectivity index (χ0n) is 13.4. The summed E-state index contributed by atoms with van der Waals surface area (Å²) in [6.45, 7) is 1.22. The number of nitrogens with zero attached hydrogens (tertiary/aromatic N) is 3. The number of aromatic nitrogens is 1. The molecule has 0 spiro atoms. The molecule has 10 heteroatoms. The smallest absolute Gasteiger partial charge is 0.328 e. The first-order chi connectivity index (χ1) is 11.8. The fraction of sp³-hybridized carbons (Fsp3) is 0.333. The van der Waals surface area contributed by atoms with Crippen molar-refractivity contribution in [3.8, 4) is 0 Å². The maximum atomic E-state index is 13.0. The molecule has 1 aromatic heterocycles. The number of carbonyl (C=O) groups excluding carboxylic acids is 1. The van der Waals surface area contributed by atoms with Gasteiger partial charge in [-0.3, -0.25) is 9.78 Å². The lowest BCUT2D eigenvalue weighted by molar-refractivity contribution is -0.152. The van der Waals surface area contributed by atoms with Crippen molar-refractivity contribution in [1.82, 2.24) is 9.88 Å². The van der Waals surface area contributed by atoms with Crippen LogP contribution in [0.5, 0.6) is 0 Å². The Balaban J connectivity index is 2.13. The summed E-state index contributed by atoms with van der Waals surface area (Å²) in [6.07, 6.45) is 3.79. The third kappa shape index (κ3) is 2.24. The monoisotopic (exact) mass is 365 g/mol. The van der Waals surface area contributed by atoms with Crippen LogP contribution < -0.4 is 0 Å². The molecule has 0 radical (unpaired) electrons. The molecule has 25 heavy (non-hydrogen) atoms. The lowest BCUT2D eigenvalue weighted by Gasteiger charge is -2.37. The topological polar surface area (TPSA) is 126 Å². The van der Waals surface area contributed by atoms with Gasteiger partial charge in [-0.15, -0.1) is 0 Å². The Hall–Kier alpha value is -2.75. The molecule has 2 aliphatic rings. The van der Waals surface area contributed by atoms with Gasteiger partial charge in [0.25, 0.3) is 5.91 Å². The number of amides is 1. The van der Waals surface area contributed by atoms with E-state index in [1.807, 2.05) is 0 Å². The van der Waals surface area contributed by atoms with E-state index in [1.54, 1.807) is 18.2 Å². The van der Waals surface area contributed by atoms with Crippen LogP contribution in [-0.4, -0.2) is 64.8 Å². The zero-order chi connectivity index (χ0) is 18.4. The fourth-order valence-corrected chi connectivity index (χ4v) is 5.32.